The van der Waals surface area contributed by atoms with Crippen LogP contribution in [0.4, 0.5) is 68.2 Å². The van der Waals surface area contributed by atoms with E-state index >= 15 is 0 Å². The fraction of sp³-hybridized carbons (Fsp3) is 0.00840. The summed E-state index contributed by atoms with van der Waals surface area (Å²) in [5, 5.41) is 7.53. The van der Waals surface area contributed by atoms with Gasteiger partial charge in [0.15, 0.2) is 0 Å². The third-order valence-electron chi connectivity index (χ3n) is 23.0. The van der Waals surface area contributed by atoms with Crippen LogP contribution >= 0.6 is 0 Å². The lowest BCUT2D eigenvalue weighted by Crippen LogP contribution is -2.10. The lowest BCUT2D eigenvalue weighted by molar-refractivity contribution is 1.18. The van der Waals surface area contributed by atoms with E-state index in [1.54, 1.807) is 0 Å². The van der Waals surface area contributed by atoms with Gasteiger partial charge in [-0.05, 0) is 271 Å². The maximum absolute atomic E-state index is 3.90. The first kappa shape index (κ1) is 78.8. The van der Waals surface area contributed by atoms with Gasteiger partial charge in [-0.2, -0.15) is 0 Å². The quantitative estimate of drug-likeness (QED) is 0.0751. The number of para-hydroxylation sites is 5. The van der Waals surface area contributed by atoms with E-state index < -0.39 is 0 Å². The van der Waals surface area contributed by atoms with Crippen LogP contribution in [-0.2, 0) is 6.42 Å². The normalized spacial score (nSPS) is 11.0. The van der Waals surface area contributed by atoms with Gasteiger partial charge >= 0.3 is 0 Å². The van der Waals surface area contributed by atoms with Crippen molar-refractivity contribution in [1.29, 1.82) is 0 Å². The molecule has 592 valence electrons. The van der Waals surface area contributed by atoms with E-state index in [-0.39, 0.29) is 0 Å². The van der Waals surface area contributed by atoms with Crippen LogP contribution in [0.5, 0.6) is 0 Å². The zero-order valence-electron chi connectivity index (χ0n) is 69.0. The Balaban J connectivity index is 0.000000113. The summed E-state index contributed by atoms with van der Waals surface area (Å²) in [6.45, 7) is 15.5. The predicted octanol–water partition coefficient (Wildman–Crippen LogP) is 33.5. The summed E-state index contributed by atoms with van der Waals surface area (Å²) in [7, 11) is 0. The second kappa shape index (κ2) is 36.9. The Labute approximate surface area is 727 Å². The van der Waals surface area contributed by atoms with Gasteiger partial charge < -0.3 is 24.2 Å². The molecular weight excluding hydrogens is 1500 g/mol. The molecule has 1 aliphatic carbocycles. The Bertz CT molecular complexity index is 6990. The minimum atomic E-state index is 0.997. The topological polar surface area (TPSA) is 17.9 Å². The van der Waals surface area contributed by atoms with Gasteiger partial charge in [0.05, 0.1) is 11.0 Å². The smallest absolute Gasteiger partial charge is 0.0561 e. The molecule has 1 aromatic heterocycles. The molecule has 1 aliphatic rings. The van der Waals surface area contributed by atoms with Crippen molar-refractivity contribution in [3.05, 3.63) is 527 Å². The Morgan fingerprint density at radius 3 is 0.944 bits per heavy atom. The molecule has 0 fully saturated rings. The van der Waals surface area contributed by atoms with Gasteiger partial charge in [0.25, 0.3) is 0 Å². The zero-order chi connectivity index (χ0) is 83.9. The van der Waals surface area contributed by atoms with E-state index in [1.807, 2.05) is 36.4 Å². The Kier molecular flexibility index (Phi) is 23.4. The molecule has 21 rings (SSSR count). The number of rotatable bonds is 19. The van der Waals surface area contributed by atoms with Gasteiger partial charge in [0.2, 0.25) is 0 Å². The molecule has 0 atom stereocenters. The lowest BCUT2D eigenvalue weighted by atomic mass is 10.0. The lowest BCUT2D eigenvalue weighted by Gasteiger charge is -2.26. The number of aromatic nitrogens is 1. The molecule has 0 unspecified atom stereocenters. The Morgan fingerprint density at radius 2 is 0.492 bits per heavy atom. The molecule has 1 heterocycles. The number of benzene rings is 19. The summed E-state index contributed by atoms with van der Waals surface area (Å²) >= 11 is 0. The predicted molar refractivity (Wildman–Crippen MR) is 533 cm³/mol. The summed E-state index contributed by atoms with van der Waals surface area (Å²) in [5.74, 6) is 0. The van der Waals surface area contributed by atoms with Crippen molar-refractivity contribution in [2.75, 3.05) is 19.6 Å². The van der Waals surface area contributed by atoms with Crippen LogP contribution in [0.15, 0.2) is 493 Å². The maximum atomic E-state index is 3.90. The van der Waals surface area contributed by atoms with Crippen LogP contribution in [0.3, 0.4) is 0 Å². The molecule has 5 heteroatoms. The number of anilines is 12. The van der Waals surface area contributed by atoms with E-state index in [0.29, 0.717) is 0 Å². The standard InChI is InChI=1S/C32H24N2.C32H25N.C28H21N.C27H21N/c1-2-24-17-19-27(20-18-24)33(25-11-5-3-6-12-25)28-21-22-30-29-15-9-10-16-31(29)34(32(30)23-28)26-13-7-4-8-14-26;1-2-25-13-19-30(20-14-25)33(31-21-15-28(16-22-31)26-9-5-3-6-10-26)32-23-17-29(18-24-32)27-11-7-4-8-12-27;1-2-21-12-15-27(16-13-21)29(26-10-4-3-5-11-26)28-17-14-24-18-22-8-6-7-9-23(22)19-25(24)20-28;1-2-20-12-14-24(15-13-20)28(23-9-4-3-5-10-23)25-16-17-27-22(19-25)18-21-8-6-7-11-26(21)27/h2-23H,1H2;2-24H,1H2;2-20H,1H2;2-17,19H,1,18H2. The highest BCUT2D eigenvalue weighted by Gasteiger charge is 2.23. The van der Waals surface area contributed by atoms with E-state index in [9.17, 15) is 0 Å². The first-order chi connectivity index (χ1) is 61.3. The van der Waals surface area contributed by atoms with Gasteiger partial charge in [-0.3, -0.25) is 0 Å². The van der Waals surface area contributed by atoms with Gasteiger partial charge in [0.1, 0.15) is 0 Å². The first-order valence-electron chi connectivity index (χ1n) is 42.1. The molecule has 0 spiro atoms. The van der Waals surface area contributed by atoms with Gasteiger partial charge in [-0.1, -0.05) is 342 Å². The van der Waals surface area contributed by atoms with Gasteiger partial charge in [-0.25, -0.2) is 0 Å². The van der Waals surface area contributed by atoms with Crippen LogP contribution in [0.2, 0.25) is 0 Å². The number of nitrogens with zero attached hydrogens (tertiary/aromatic N) is 5. The van der Waals surface area contributed by atoms with Crippen LogP contribution in [-0.4, -0.2) is 4.57 Å². The van der Waals surface area contributed by atoms with Crippen molar-refractivity contribution < 1.29 is 0 Å². The van der Waals surface area contributed by atoms with E-state index in [0.717, 1.165) is 96.9 Å². The summed E-state index contributed by atoms with van der Waals surface area (Å²) in [5.41, 5.74) is 32.0. The Hall–Kier alpha value is -16.3. The average Bonchev–Trinajstić information content (AvgIpc) is 1.57. The summed E-state index contributed by atoms with van der Waals surface area (Å²) in [6.07, 6.45) is 8.50. The maximum Gasteiger partial charge on any atom is 0.0561 e. The van der Waals surface area contributed by atoms with Crippen molar-refractivity contribution in [3.8, 4) is 39.1 Å². The minimum Gasteiger partial charge on any atom is -0.311 e. The Morgan fingerprint density at radius 1 is 0.194 bits per heavy atom. The van der Waals surface area contributed by atoms with E-state index in [2.05, 4.69) is 505 Å². The van der Waals surface area contributed by atoms with Crippen molar-refractivity contribution in [2.24, 2.45) is 0 Å². The molecule has 124 heavy (non-hydrogen) atoms. The summed E-state index contributed by atoms with van der Waals surface area (Å²) < 4.78 is 2.36. The molecular formula is C119H91N5. The molecule has 0 bridgehead atoms. The monoisotopic (exact) mass is 1590 g/mol. The molecule has 0 saturated heterocycles. The molecule has 0 saturated carbocycles. The molecule has 0 N–H and O–H groups in total. The number of hydrogen-bond acceptors (Lipinski definition) is 4. The second-order valence-corrected chi connectivity index (χ2v) is 30.7. The molecule has 0 aliphatic heterocycles. The largest absolute Gasteiger partial charge is 0.311 e. The zero-order valence-corrected chi connectivity index (χ0v) is 69.0. The van der Waals surface area contributed by atoms with Gasteiger partial charge in [-0.15, -0.1) is 0 Å². The highest BCUT2D eigenvalue weighted by atomic mass is 15.2. The number of hydrogen-bond donors (Lipinski definition) is 0. The molecule has 5 nitrogen and oxygen atoms in total. The van der Waals surface area contributed by atoms with E-state index in [1.165, 1.54) is 93.5 Å². The fourth-order valence-electron chi connectivity index (χ4n) is 16.7. The molecule has 19 aromatic carbocycles. The van der Waals surface area contributed by atoms with Crippen LogP contribution in [0.1, 0.15) is 33.4 Å². The van der Waals surface area contributed by atoms with Crippen LogP contribution in [0, 0.1) is 0 Å². The minimum absolute atomic E-state index is 0.997. The fourth-order valence-corrected chi connectivity index (χ4v) is 16.7. The highest BCUT2D eigenvalue weighted by molar-refractivity contribution is 6.10. The average molecular weight is 1590 g/mol. The van der Waals surface area contributed by atoms with Crippen molar-refractivity contribution in [1.82, 2.24) is 4.57 Å². The molecule has 0 amide bonds. The number of fused-ring (bicyclic) bond motifs is 8. The van der Waals surface area contributed by atoms with E-state index in [4.69, 9.17) is 0 Å². The van der Waals surface area contributed by atoms with Crippen LogP contribution < -0.4 is 19.6 Å². The summed E-state index contributed by atoms with van der Waals surface area (Å²) in [4.78, 5) is 9.20. The van der Waals surface area contributed by atoms with Crippen molar-refractivity contribution >= 4 is 136 Å². The third kappa shape index (κ3) is 17.2. The molecule has 0 radical (unpaired) electrons. The summed E-state index contributed by atoms with van der Waals surface area (Å²) in [6, 6.07) is 165. The van der Waals surface area contributed by atoms with Crippen molar-refractivity contribution in [2.45, 2.75) is 6.42 Å². The first-order valence-corrected chi connectivity index (χ1v) is 42.1. The van der Waals surface area contributed by atoms with Gasteiger partial charge in [0, 0.05) is 84.7 Å². The third-order valence-corrected chi connectivity index (χ3v) is 23.0. The molecule has 20 aromatic rings. The van der Waals surface area contributed by atoms with Crippen LogP contribution in [0.25, 0.3) is 107 Å². The highest BCUT2D eigenvalue weighted by Crippen LogP contribution is 2.45. The SMILES string of the molecule is C=Cc1ccc(N(c2ccc(-c3ccccc3)cc2)c2ccc(-c3ccccc3)cc2)cc1.C=Cc1ccc(N(c2ccccc2)c2ccc3c(c2)Cc2ccccc2-3)cc1.C=Cc1ccc(N(c2ccccc2)c2ccc3c4ccccc4n(-c4ccccc4)c3c2)cc1.C=Cc1ccc(N(c2ccccc2)c2ccc3cc4ccccc4cc3c2)cc1. The second-order valence-electron chi connectivity index (χ2n) is 30.7. The van der Waals surface area contributed by atoms with Crippen molar-refractivity contribution in [3.63, 3.8) is 0 Å².